The van der Waals surface area contributed by atoms with Crippen molar-refractivity contribution in [2.45, 2.75) is 39.7 Å². The summed E-state index contributed by atoms with van der Waals surface area (Å²) >= 11 is 0. The van der Waals surface area contributed by atoms with Crippen LogP contribution >= 0.6 is 0 Å². The Balaban J connectivity index is 0.00000154. The highest BCUT2D eigenvalue weighted by Crippen LogP contribution is 2.15. The van der Waals surface area contributed by atoms with E-state index in [2.05, 4.69) is 22.0 Å². The van der Waals surface area contributed by atoms with Crippen molar-refractivity contribution in [3.8, 4) is 0 Å². The molecule has 0 saturated carbocycles. The summed E-state index contributed by atoms with van der Waals surface area (Å²) in [6.45, 7) is 14.1. The highest BCUT2D eigenvalue weighted by atomic mass is 16.5. The molecule has 0 aromatic rings. The van der Waals surface area contributed by atoms with Crippen LogP contribution in [0.5, 0.6) is 0 Å². The molecule has 0 aromatic carbocycles. The van der Waals surface area contributed by atoms with Crippen molar-refractivity contribution >= 4 is 0 Å². The lowest BCUT2D eigenvalue weighted by molar-refractivity contribution is 0.0893. The van der Waals surface area contributed by atoms with E-state index in [1.165, 1.54) is 39.0 Å². The normalized spacial score (nSPS) is 17.4. The average molecular weight is 273 g/mol. The van der Waals surface area contributed by atoms with Crippen molar-refractivity contribution in [2.75, 3.05) is 60.0 Å². The maximum Gasteiger partial charge on any atom is 0.0589 e. The van der Waals surface area contributed by atoms with Crippen molar-refractivity contribution in [3.05, 3.63) is 0 Å². The van der Waals surface area contributed by atoms with Crippen LogP contribution in [0.15, 0.2) is 0 Å². The summed E-state index contributed by atoms with van der Waals surface area (Å²) in [5, 5.41) is 3.24. The molecule has 0 unspecified atom stereocenters. The summed E-state index contributed by atoms with van der Waals surface area (Å²) in [6.07, 6.45) is 2.61. The molecule has 1 saturated heterocycles. The van der Waals surface area contributed by atoms with Gasteiger partial charge in [-0.2, -0.15) is 0 Å². The van der Waals surface area contributed by atoms with Gasteiger partial charge in [-0.25, -0.2) is 0 Å². The Hall–Kier alpha value is -0.160. The zero-order chi connectivity index (χ0) is 14.5. The number of nitrogens with zero attached hydrogens (tertiary/aromatic N) is 2. The molecule has 19 heavy (non-hydrogen) atoms. The van der Waals surface area contributed by atoms with E-state index in [0.29, 0.717) is 0 Å². The number of hydrogen-bond acceptors (Lipinski definition) is 4. The Morgan fingerprint density at radius 2 is 1.89 bits per heavy atom. The van der Waals surface area contributed by atoms with Gasteiger partial charge >= 0.3 is 0 Å². The maximum absolute atomic E-state index is 5.13. The van der Waals surface area contributed by atoms with Gasteiger partial charge in [0.25, 0.3) is 0 Å². The molecular weight excluding hydrogens is 238 g/mol. The van der Waals surface area contributed by atoms with Gasteiger partial charge in [0.1, 0.15) is 0 Å². The summed E-state index contributed by atoms with van der Waals surface area (Å²) < 4.78 is 5.13. The van der Waals surface area contributed by atoms with Gasteiger partial charge in [-0.15, -0.1) is 0 Å². The van der Waals surface area contributed by atoms with Crippen molar-refractivity contribution < 1.29 is 4.74 Å². The third-order valence-corrected chi connectivity index (χ3v) is 3.74. The fourth-order valence-corrected chi connectivity index (χ4v) is 2.58. The lowest BCUT2D eigenvalue weighted by atomic mass is 10.0. The number of rotatable bonds is 8. The third-order valence-electron chi connectivity index (χ3n) is 3.74. The van der Waals surface area contributed by atoms with Crippen molar-refractivity contribution in [1.82, 2.24) is 15.1 Å². The van der Waals surface area contributed by atoms with Crippen LogP contribution < -0.4 is 5.32 Å². The fourth-order valence-electron chi connectivity index (χ4n) is 2.58. The number of hydrogen-bond donors (Lipinski definition) is 1. The van der Waals surface area contributed by atoms with E-state index in [0.717, 1.165) is 25.7 Å². The van der Waals surface area contributed by atoms with Crippen LogP contribution in [0.3, 0.4) is 0 Å². The Bertz CT molecular complexity index is 182. The second-order valence-electron chi connectivity index (χ2n) is 4.80. The number of likely N-dealkylation sites (N-methyl/N-ethyl adjacent to an activating group) is 2. The van der Waals surface area contributed by atoms with Gasteiger partial charge in [0, 0.05) is 32.8 Å². The average Bonchev–Trinajstić information content (AvgIpc) is 2.49. The van der Waals surface area contributed by atoms with Gasteiger partial charge < -0.3 is 15.0 Å². The van der Waals surface area contributed by atoms with E-state index in [4.69, 9.17) is 4.74 Å². The molecule has 0 spiro atoms. The third kappa shape index (κ3) is 7.88. The summed E-state index contributed by atoms with van der Waals surface area (Å²) in [4.78, 5) is 5.13. The van der Waals surface area contributed by atoms with Crippen LogP contribution in [0, 0.1) is 0 Å². The standard InChI is InChI=1S/C13H29N3O.C2H6/c1-4-16(10-7-14-2)13-5-8-15(9-6-13)11-12-17-3;1-2/h13-14H,4-12H2,1-3H3;1-2H3. The van der Waals surface area contributed by atoms with Crippen LogP contribution in [-0.4, -0.2) is 75.9 Å². The number of piperidine rings is 1. The molecule has 1 fully saturated rings. The highest BCUT2D eigenvalue weighted by Gasteiger charge is 2.22. The van der Waals surface area contributed by atoms with Gasteiger partial charge in [-0.1, -0.05) is 20.8 Å². The molecule has 1 heterocycles. The second-order valence-corrected chi connectivity index (χ2v) is 4.80. The zero-order valence-electron chi connectivity index (χ0n) is 13.7. The summed E-state index contributed by atoms with van der Waals surface area (Å²) in [5.74, 6) is 0. The number of likely N-dealkylation sites (tertiary alicyclic amines) is 1. The molecule has 0 amide bonds. The monoisotopic (exact) mass is 273 g/mol. The SMILES string of the molecule is CC.CCN(CCNC)C1CCN(CCOC)CC1. The van der Waals surface area contributed by atoms with Crippen LogP contribution in [0.2, 0.25) is 0 Å². The Labute approximate surface area is 120 Å². The highest BCUT2D eigenvalue weighted by molar-refractivity contribution is 4.79. The molecule has 1 rings (SSSR count). The van der Waals surface area contributed by atoms with Crippen LogP contribution in [-0.2, 0) is 4.74 Å². The van der Waals surface area contributed by atoms with Gasteiger partial charge in [0.05, 0.1) is 6.61 Å². The molecule has 1 aliphatic heterocycles. The first-order valence-corrected chi connectivity index (χ1v) is 7.91. The van der Waals surface area contributed by atoms with Crippen molar-refractivity contribution in [3.63, 3.8) is 0 Å². The number of methoxy groups -OCH3 is 1. The first kappa shape index (κ1) is 18.8. The maximum atomic E-state index is 5.13. The minimum Gasteiger partial charge on any atom is -0.383 e. The zero-order valence-corrected chi connectivity index (χ0v) is 13.7. The molecule has 0 aliphatic carbocycles. The minimum absolute atomic E-state index is 0.784. The van der Waals surface area contributed by atoms with E-state index in [1.807, 2.05) is 20.9 Å². The molecular formula is C15H35N3O. The second kappa shape index (κ2) is 12.9. The van der Waals surface area contributed by atoms with Gasteiger partial charge in [0.15, 0.2) is 0 Å². The molecule has 4 nitrogen and oxygen atoms in total. The Morgan fingerprint density at radius 1 is 1.26 bits per heavy atom. The summed E-state index contributed by atoms with van der Waals surface area (Å²) in [6, 6.07) is 0.784. The molecule has 0 bridgehead atoms. The van der Waals surface area contributed by atoms with Crippen LogP contribution in [0.25, 0.3) is 0 Å². The predicted molar refractivity (Wildman–Crippen MR) is 83.9 cm³/mol. The van der Waals surface area contributed by atoms with Crippen LogP contribution in [0.4, 0.5) is 0 Å². The van der Waals surface area contributed by atoms with E-state index in [-0.39, 0.29) is 0 Å². The van der Waals surface area contributed by atoms with Crippen LogP contribution in [0.1, 0.15) is 33.6 Å². The van der Waals surface area contributed by atoms with Gasteiger partial charge in [-0.3, -0.25) is 4.90 Å². The first-order valence-electron chi connectivity index (χ1n) is 7.91. The van der Waals surface area contributed by atoms with Gasteiger partial charge in [-0.05, 0) is 39.5 Å². The summed E-state index contributed by atoms with van der Waals surface area (Å²) in [5.41, 5.74) is 0. The minimum atomic E-state index is 0.784. The molecule has 0 radical (unpaired) electrons. The van der Waals surface area contributed by atoms with E-state index in [9.17, 15) is 0 Å². The molecule has 1 aliphatic rings. The number of ether oxygens (including phenoxy) is 1. The predicted octanol–water partition coefficient (Wildman–Crippen LogP) is 1.66. The molecule has 0 aromatic heterocycles. The van der Waals surface area contributed by atoms with E-state index < -0.39 is 0 Å². The summed E-state index contributed by atoms with van der Waals surface area (Å²) in [7, 11) is 3.81. The fraction of sp³-hybridized carbons (Fsp3) is 1.00. The largest absolute Gasteiger partial charge is 0.383 e. The quantitative estimate of drug-likeness (QED) is 0.728. The van der Waals surface area contributed by atoms with Gasteiger partial charge in [0.2, 0.25) is 0 Å². The topological polar surface area (TPSA) is 27.7 Å². The lowest BCUT2D eigenvalue weighted by Gasteiger charge is -2.38. The first-order chi connectivity index (χ1) is 9.31. The van der Waals surface area contributed by atoms with Crippen molar-refractivity contribution in [2.24, 2.45) is 0 Å². The number of nitrogens with one attached hydrogen (secondary N) is 1. The van der Waals surface area contributed by atoms with E-state index in [1.54, 1.807) is 7.11 Å². The molecule has 4 heteroatoms. The Kier molecular flexibility index (Phi) is 12.7. The molecule has 0 atom stereocenters. The van der Waals surface area contributed by atoms with E-state index >= 15 is 0 Å². The lowest BCUT2D eigenvalue weighted by Crippen LogP contribution is -2.47. The molecule has 116 valence electrons. The Morgan fingerprint density at radius 3 is 2.37 bits per heavy atom. The van der Waals surface area contributed by atoms with Crippen molar-refractivity contribution in [1.29, 1.82) is 0 Å². The smallest absolute Gasteiger partial charge is 0.0589 e. The molecule has 1 N–H and O–H groups in total.